The maximum Gasteiger partial charge on any atom is 0.306 e. The molecule has 8 heteroatoms. The highest BCUT2D eigenvalue weighted by Crippen LogP contribution is 2.24. The number of nitrogens with zero attached hydrogens (tertiary/aromatic N) is 1. The molecule has 27 heavy (non-hydrogen) atoms. The standard InChI is InChI=1S/C19H21NO6S/c21-18(13-26-19(22)9-8-17-7-4-11-25-17)20(15-5-2-1-3-6-15)16-10-12-27(23,24)14-16/h1-7,11,16H,8-10,12-14H2/t16-/m0/s1. The number of hydrogen-bond donors (Lipinski definition) is 0. The minimum atomic E-state index is -3.16. The van der Waals surface area contributed by atoms with Gasteiger partial charge in [-0.2, -0.15) is 0 Å². The topological polar surface area (TPSA) is 93.9 Å². The molecular formula is C19H21NO6S. The van der Waals surface area contributed by atoms with Gasteiger partial charge in [-0.3, -0.25) is 9.59 Å². The van der Waals surface area contributed by atoms with Crippen LogP contribution in [0, 0.1) is 0 Å². The second kappa shape index (κ2) is 8.39. The van der Waals surface area contributed by atoms with Crippen molar-refractivity contribution < 1.29 is 27.2 Å². The van der Waals surface area contributed by atoms with Crippen LogP contribution in [-0.4, -0.2) is 44.4 Å². The van der Waals surface area contributed by atoms with Gasteiger partial charge in [-0.1, -0.05) is 18.2 Å². The number of benzene rings is 1. The Morgan fingerprint density at radius 1 is 1.15 bits per heavy atom. The Labute approximate surface area is 157 Å². The zero-order valence-electron chi connectivity index (χ0n) is 14.7. The average molecular weight is 391 g/mol. The van der Waals surface area contributed by atoms with Crippen LogP contribution < -0.4 is 4.90 Å². The molecule has 1 atom stereocenters. The number of furan rings is 1. The first kappa shape index (κ1) is 19.2. The monoisotopic (exact) mass is 391 g/mol. The molecule has 0 N–H and O–H groups in total. The summed E-state index contributed by atoms with van der Waals surface area (Å²) in [6.07, 6.45) is 2.39. The first-order valence-electron chi connectivity index (χ1n) is 8.70. The van der Waals surface area contributed by atoms with Gasteiger partial charge < -0.3 is 14.1 Å². The number of amides is 1. The van der Waals surface area contributed by atoms with Crippen molar-refractivity contribution in [1.82, 2.24) is 0 Å². The van der Waals surface area contributed by atoms with E-state index in [0.717, 1.165) is 0 Å². The number of aryl methyl sites for hydroxylation is 1. The minimum absolute atomic E-state index is 0.0528. The van der Waals surface area contributed by atoms with Gasteiger partial charge in [0.25, 0.3) is 5.91 Å². The Morgan fingerprint density at radius 2 is 1.93 bits per heavy atom. The molecule has 0 bridgehead atoms. The van der Waals surface area contributed by atoms with E-state index in [-0.39, 0.29) is 17.9 Å². The van der Waals surface area contributed by atoms with E-state index in [0.29, 0.717) is 24.3 Å². The molecule has 1 aromatic heterocycles. The van der Waals surface area contributed by atoms with E-state index in [4.69, 9.17) is 9.15 Å². The van der Waals surface area contributed by atoms with Crippen LogP contribution in [0.1, 0.15) is 18.6 Å². The summed E-state index contributed by atoms with van der Waals surface area (Å²) < 4.78 is 33.9. The predicted octanol–water partition coefficient (Wildman–Crippen LogP) is 1.98. The lowest BCUT2D eigenvalue weighted by molar-refractivity contribution is -0.148. The Hall–Kier alpha value is -2.61. The Morgan fingerprint density at radius 3 is 2.56 bits per heavy atom. The SMILES string of the molecule is O=C(CCc1ccco1)OCC(=O)N(c1ccccc1)[C@H]1CCS(=O)(=O)C1. The van der Waals surface area contributed by atoms with Crippen molar-refractivity contribution in [3.05, 3.63) is 54.5 Å². The van der Waals surface area contributed by atoms with Gasteiger partial charge in [0.2, 0.25) is 0 Å². The van der Waals surface area contributed by atoms with Gasteiger partial charge in [-0.05, 0) is 30.7 Å². The summed E-state index contributed by atoms with van der Waals surface area (Å²) in [6.45, 7) is -0.428. The molecule has 1 amide bonds. The molecule has 1 aliphatic heterocycles. The van der Waals surface area contributed by atoms with Crippen LogP contribution >= 0.6 is 0 Å². The molecule has 2 heterocycles. The van der Waals surface area contributed by atoms with Gasteiger partial charge >= 0.3 is 5.97 Å². The van der Waals surface area contributed by atoms with E-state index < -0.39 is 34.4 Å². The van der Waals surface area contributed by atoms with E-state index in [2.05, 4.69) is 0 Å². The van der Waals surface area contributed by atoms with E-state index in [1.807, 2.05) is 6.07 Å². The number of carbonyl (C=O) groups excluding carboxylic acids is 2. The van der Waals surface area contributed by atoms with Crippen LogP contribution in [0.5, 0.6) is 0 Å². The fourth-order valence-electron chi connectivity index (χ4n) is 3.09. The van der Waals surface area contributed by atoms with Gasteiger partial charge in [0, 0.05) is 12.1 Å². The highest BCUT2D eigenvalue weighted by molar-refractivity contribution is 7.91. The van der Waals surface area contributed by atoms with Gasteiger partial charge in [0.1, 0.15) is 5.76 Å². The highest BCUT2D eigenvalue weighted by atomic mass is 32.2. The van der Waals surface area contributed by atoms with E-state index >= 15 is 0 Å². The first-order valence-corrected chi connectivity index (χ1v) is 10.5. The summed E-state index contributed by atoms with van der Waals surface area (Å²) in [7, 11) is -3.16. The third-order valence-corrected chi connectivity index (χ3v) is 6.14. The fourth-order valence-corrected chi connectivity index (χ4v) is 4.79. The maximum atomic E-state index is 12.7. The number of para-hydroxylation sites is 1. The number of anilines is 1. The van der Waals surface area contributed by atoms with Crippen molar-refractivity contribution in [3.63, 3.8) is 0 Å². The molecule has 1 aromatic carbocycles. The largest absolute Gasteiger partial charge is 0.469 e. The Bertz CT molecular complexity index is 876. The number of esters is 1. The number of ether oxygens (including phenoxy) is 1. The van der Waals surface area contributed by atoms with E-state index in [1.54, 1.807) is 36.4 Å². The van der Waals surface area contributed by atoms with Crippen molar-refractivity contribution in [2.75, 3.05) is 23.0 Å². The molecule has 2 aromatic rings. The third kappa shape index (κ3) is 5.19. The molecule has 0 saturated carbocycles. The Balaban J connectivity index is 1.62. The van der Waals surface area contributed by atoms with Crippen molar-refractivity contribution in [2.45, 2.75) is 25.3 Å². The summed E-state index contributed by atoms with van der Waals surface area (Å²) in [5.41, 5.74) is 0.594. The minimum Gasteiger partial charge on any atom is -0.469 e. The molecule has 3 rings (SSSR count). The third-order valence-electron chi connectivity index (χ3n) is 4.39. The lowest BCUT2D eigenvalue weighted by Gasteiger charge is -2.28. The quantitative estimate of drug-likeness (QED) is 0.670. The predicted molar refractivity (Wildman–Crippen MR) is 99.0 cm³/mol. The van der Waals surface area contributed by atoms with Gasteiger partial charge in [0.15, 0.2) is 16.4 Å². The van der Waals surface area contributed by atoms with E-state index in [1.165, 1.54) is 11.2 Å². The summed E-state index contributed by atoms with van der Waals surface area (Å²) in [4.78, 5) is 26.0. The highest BCUT2D eigenvalue weighted by Gasteiger charge is 2.35. The van der Waals surface area contributed by atoms with Gasteiger partial charge in [-0.25, -0.2) is 8.42 Å². The van der Waals surface area contributed by atoms with Crippen LogP contribution in [0.2, 0.25) is 0 Å². The van der Waals surface area contributed by atoms with Crippen LogP contribution in [0.25, 0.3) is 0 Å². The number of sulfone groups is 1. The lowest BCUT2D eigenvalue weighted by atomic mass is 10.2. The van der Waals surface area contributed by atoms with Crippen LogP contribution in [0.4, 0.5) is 5.69 Å². The number of rotatable bonds is 7. The molecule has 0 unspecified atom stereocenters. The molecular weight excluding hydrogens is 370 g/mol. The van der Waals surface area contributed by atoms with Gasteiger partial charge in [-0.15, -0.1) is 0 Å². The lowest BCUT2D eigenvalue weighted by Crippen LogP contribution is -2.43. The van der Waals surface area contributed by atoms with Crippen molar-refractivity contribution in [1.29, 1.82) is 0 Å². The maximum absolute atomic E-state index is 12.7. The average Bonchev–Trinajstić information content (AvgIpc) is 3.29. The fraction of sp³-hybridized carbons (Fsp3) is 0.368. The summed E-state index contributed by atoms with van der Waals surface area (Å²) in [5.74, 6) is -0.307. The van der Waals surface area contributed by atoms with Crippen LogP contribution in [0.15, 0.2) is 53.1 Å². The van der Waals surface area contributed by atoms with Crippen LogP contribution in [-0.2, 0) is 30.6 Å². The van der Waals surface area contributed by atoms with Crippen LogP contribution in [0.3, 0.4) is 0 Å². The normalized spacial score (nSPS) is 18.1. The van der Waals surface area contributed by atoms with Crippen molar-refractivity contribution in [2.24, 2.45) is 0 Å². The zero-order chi connectivity index (χ0) is 19.3. The molecule has 144 valence electrons. The van der Waals surface area contributed by atoms with E-state index in [9.17, 15) is 18.0 Å². The van der Waals surface area contributed by atoms with Crippen molar-refractivity contribution in [3.8, 4) is 0 Å². The first-order chi connectivity index (χ1) is 12.9. The summed E-state index contributed by atoms with van der Waals surface area (Å²) in [5, 5.41) is 0. The molecule has 1 fully saturated rings. The summed E-state index contributed by atoms with van der Waals surface area (Å²) in [6, 6.07) is 11.9. The smallest absolute Gasteiger partial charge is 0.306 e. The second-order valence-corrected chi connectivity index (χ2v) is 8.62. The summed E-state index contributed by atoms with van der Waals surface area (Å²) >= 11 is 0. The number of hydrogen-bond acceptors (Lipinski definition) is 6. The molecule has 1 saturated heterocycles. The molecule has 0 aliphatic carbocycles. The van der Waals surface area contributed by atoms with Crippen molar-refractivity contribution >= 4 is 27.4 Å². The molecule has 1 aliphatic rings. The Kier molecular flexibility index (Phi) is 5.95. The second-order valence-electron chi connectivity index (χ2n) is 6.40. The zero-order valence-corrected chi connectivity index (χ0v) is 15.6. The molecule has 0 radical (unpaired) electrons. The molecule has 7 nitrogen and oxygen atoms in total. The molecule has 0 spiro atoms. The number of carbonyl (C=O) groups is 2. The van der Waals surface area contributed by atoms with Gasteiger partial charge in [0.05, 0.1) is 30.2 Å².